The van der Waals surface area contributed by atoms with Crippen molar-refractivity contribution in [3.05, 3.63) is 52.8 Å². The van der Waals surface area contributed by atoms with Gasteiger partial charge < -0.3 is 14.6 Å². The summed E-state index contributed by atoms with van der Waals surface area (Å²) >= 11 is 0. The normalized spacial score (nSPS) is 10.7. The SMILES string of the molecule is COc1cc(OC)c(CN(C)Cc2ncccc2C)c(C(=O)O)c1. The highest BCUT2D eigenvalue weighted by Crippen LogP contribution is 2.30. The Morgan fingerprint density at radius 3 is 2.58 bits per heavy atom. The van der Waals surface area contributed by atoms with Gasteiger partial charge in [-0.15, -0.1) is 0 Å². The number of benzene rings is 1. The zero-order chi connectivity index (χ0) is 17.7. The number of ether oxygens (including phenoxy) is 2. The summed E-state index contributed by atoms with van der Waals surface area (Å²) in [7, 11) is 4.94. The van der Waals surface area contributed by atoms with Gasteiger partial charge in [-0.05, 0) is 31.7 Å². The molecule has 2 rings (SSSR count). The quantitative estimate of drug-likeness (QED) is 0.841. The van der Waals surface area contributed by atoms with Gasteiger partial charge in [-0.1, -0.05) is 6.07 Å². The molecule has 6 heteroatoms. The van der Waals surface area contributed by atoms with Gasteiger partial charge in [0.2, 0.25) is 0 Å². The molecule has 0 aliphatic heterocycles. The van der Waals surface area contributed by atoms with Crippen LogP contribution in [0.4, 0.5) is 0 Å². The number of aryl methyl sites for hydroxylation is 1. The Bertz CT molecular complexity index is 731. The van der Waals surface area contributed by atoms with Gasteiger partial charge >= 0.3 is 5.97 Å². The van der Waals surface area contributed by atoms with E-state index in [1.807, 2.05) is 31.0 Å². The van der Waals surface area contributed by atoms with Crippen LogP contribution >= 0.6 is 0 Å². The first kappa shape index (κ1) is 17.7. The molecule has 0 atom stereocenters. The Morgan fingerprint density at radius 1 is 1.25 bits per heavy atom. The van der Waals surface area contributed by atoms with Crippen LogP contribution in [0, 0.1) is 6.92 Å². The molecular weight excluding hydrogens is 308 g/mol. The second kappa shape index (κ2) is 7.79. The third-order valence-corrected chi connectivity index (χ3v) is 3.83. The number of carboxylic acid groups (broad SMARTS) is 1. The standard InChI is InChI=1S/C18H22N2O4/c1-12-6-5-7-19-16(12)11-20(2)10-15-14(18(21)22)8-13(23-3)9-17(15)24-4/h5-9H,10-11H2,1-4H3,(H,21,22). The zero-order valence-corrected chi connectivity index (χ0v) is 14.4. The fourth-order valence-electron chi connectivity index (χ4n) is 2.54. The second-order valence-electron chi connectivity index (χ2n) is 5.60. The van der Waals surface area contributed by atoms with Crippen LogP contribution in [0.1, 0.15) is 27.2 Å². The third-order valence-electron chi connectivity index (χ3n) is 3.83. The number of methoxy groups -OCH3 is 2. The molecule has 0 spiro atoms. The number of hydrogen-bond donors (Lipinski definition) is 1. The number of hydrogen-bond acceptors (Lipinski definition) is 5. The second-order valence-corrected chi connectivity index (χ2v) is 5.60. The van der Waals surface area contributed by atoms with Gasteiger partial charge in [-0.2, -0.15) is 0 Å². The molecule has 1 heterocycles. The summed E-state index contributed by atoms with van der Waals surface area (Å²) in [5.41, 5.74) is 2.85. The summed E-state index contributed by atoms with van der Waals surface area (Å²) in [6, 6.07) is 7.11. The number of aromatic nitrogens is 1. The van der Waals surface area contributed by atoms with Gasteiger partial charge in [0.25, 0.3) is 0 Å². The van der Waals surface area contributed by atoms with Crippen LogP contribution in [-0.2, 0) is 13.1 Å². The molecule has 1 aromatic carbocycles. The van der Waals surface area contributed by atoms with Gasteiger partial charge in [-0.25, -0.2) is 4.79 Å². The van der Waals surface area contributed by atoms with Crippen molar-refractivity contribution < 1.29 is 19.4 Å². The van der Waals surface area contributed by atoms with Crippen LogP contribution < -0.4 is 9.47 Å². The number of rotatable bonds is 7. The minimum absolute atomic E-state index is 0.177. The number of carbonyl (C=O) groups is 1. The molecule has 1 N–H and O–H groups in total. The largest absolute Gasteiger partial charge is 0.497 e. The minimum Gasteiger partial charge on any atom is -0.497 e. The van der Waals surface area contributed by atoms with Crippen molar-refractivity contribution in [3.63, 3.8) is 0 Å². The number of pyridine rings is 1. The lowest BCUT2D eigenvalue weighted by Crippen LogP contribution is -2.21. The van der Waals surface area contributed by atoms with E-state index >= 15 is 0 Å². The lowest BCUT2D eigenvalue weighted by atomic mass is 10.0. The third kappa shape index (κ3) is 4.02. The van der Waals surface area contributed by atoms with E-state index in [9.17, 15) is 9.90 Å². The lowest BCUT2D eigenvalue weighted by Gasteiger charge is -2.21. The van der Waals surface area contributed by atoms with Crippen molar-refractivity contribution in [1.29, 1.82) is 0 Å². The Labute approximate surface area is 141 Å². The molecule has 0 saturated heterocycles. The maximum Gasteiger partial charge on any atom is 0.336 e. The summed E-state index contributed by atoms with van der Waals surface area (Å²) in [5, 5.41) is 9.51. The van der Waals surface area contributed by atoms with Crippen LogP contribution in [0.5, 0.6) is 11.5 Å². The van der Waals surface area contributed by atoms with Crippen LogP contribution in [-0.4, -0.2) is 42.2 Å². The van der Waals surface area contributed by atoms with Crippen LogP contribution in [0.3, 0.4) is 0 Å². The average molecular weight is 330 g/mol. The summed E-state index contributed by atoms with van der Waals surface area (Å²) < 4.78 is 10.5. The highest BCUT2D eigenvalue weighted by atomic mass is 16.5. The van der Waals surface area contributed by atoms with Gasteiger partial charge in [0.15, 0.2) is 0 Å². The molecule has 0 saturated carbocycles. The van der Waals surface area contributed by atoms with Crippen molar-refractivity contribution in [1.82, 2.24) is 9.88 Å². The van der Waals surface area contributed by atoms with Crippen molar-refractivity contribution >= 4 is 5.97 Å². The highest BCUT2D eigenvalue weighted by Gasteiger charge is 2.19. The first-order chi connectivity index (χ1) is 11.5. The Balaban J connectivity index is 2.30. The van der Waals surface area contributed by atoms with Crippen molar-refractivity contribution in [3.8, 4) is 11.5 Å². The predicted octanol–water partition coefficient (Wildman–Crippen LogP) is 2.74. The topological polar surface area (TPSA) is 71.9 Å². The molecule has 0 unspecified atom stereocenters. The van der Waals surface area contributed by atoms with Crippen LogP contribution in [0.25, 0.3) is 0 Å². The number of aromatic carboxylic acids is 1. The Kier molecular flexibility index (Phi) is 5.76. The molecule has 0 aliphatic carbocycles. The summed E-state index contributed by atoms with van der Waals surface area (Å²) in [6.45, 7) is 3.04. The van der Waals surface area contributed by atoms with E-state index in [-0.39, 0.29) is 5.56 Å². The zero-order valence-electron chi connectivity index (χ0n) is 14.4. The fraction of sp³-hybridized carbons (Fsp3) is 0.333. The highest BCUT2D eigenvalue weighted by molar-refractivity contribution is 5.91. The summed E-state index contributed by atoms with van der Waals surface area (Å²) in [6.07, 6.45) is 1.76. The Hall–Kier alpha value is -2.60. The molecule has 0 amide bonds. The van der Waals surface area contributed by atoms with E-state index in [4.69, 9.17) is 9.47 Å². The van der Waals surface area contributed by atoms with Crippen molar-refractivity contribution in [2.75, 3.05) is 21.3 Å². The van der Waals surface area contributed by atoms with Gasteiger partial charge in [0.05, 0.1) is 25.5 Å². The molecule has 0 aliphatic rings. The first-order valence-electron chi connectivity index (χ1n) is 7.53. The fourth-order valence-corrected chi connectivity index (χ4v) is 2.54. The smallest absolute Gasteiger partial charge is 0.336 e. The monoisotopic (exact) mass is 330 g/mol. The van der Waals surface area contributed by atoms with E-state index in [0.29, 0.717) is 30.2 Å². The van der Waals surface area contributed by atoms with E-state index in [2.05, 4.69) is 4.98 Å². The first-order valence-corrected chi connectivity index (χ1v) is 7.53. The average Bonchev–Trinajstić information content (AvgIpc) is 2.56. The lowest BCUT2D eigenvalue weighted by molar-refractivity contribution is 0.0693. The molecule has 2 aromatic rings. The predicted molar refractivity (Wildman–Crippen MR) is 90.7 cm³/mol. The van der Waals surface area contributed by atoms with E-state index in [0.717, 1.165) is 11.3 Å². The van der Waals surface area contributed by atoms with Crippen LogP contribution in [0.15, 0.2) is 30.5 Å². The molecule has 1 aromatic heterocycles. The Morgan fingerprint density at radius 2 is 2.00 bits per heavy atom. The number of nitrogens with zero attached hydrogens (tertiary/aromatic N) is 2. The van der Waals surface area contributed by atoms with E-state index in [1.54, 1.807) is 12.3 Å². The summed E-state index contributed by atoms with van der Waals surface area (Å²) in [4.78, 5) is 18.0. The molecule has 0 radical (unpaired) electrons. The van der Waals surface area contributed by atoms with Gasteiger partial charge in [-0.3, -0.25) is 9.88 Å². The van der Waals surface area contributed by atoms with Crippen LogP contribution in [0.2, 0.25) is 0 Å². The molecule has 6 nitrogen and oxygen atoms in total. The maximum absolute atomic E-state index is 11.6. The maximum atomic E-state index is 11.6. The number of carboxylic acids is 1. The van der Waals surface area contributed by atoms with Gasteiger partial charge in [0.1, 0.15) is 11.5 Å². The van der Waals surface area contributed by atoms with E-state index < -0.39 is 5.97 Å². The minimum atomic E-state index is -1.01. The molecule has 0 fully saturated rings. The molecule has 128 valence electrons. The van der Waals surface area contributed by atoms with E-state index in [1.165, 1.54) is 20.3 Å². The molecular formula is C18H22N2O4. The molecule has 24 heavy (non-hydrogen) atoms. The van der Waals surface area contributed by atoms with Crippen molar-refractivity contribution in [2.45, 2.75) is 20.0 Å². The van der Waals surface area contributed by atoms with Gasteiger partial charge in [0, 0.05) is 30.9 Å². The summed E-state index contributed by atoms with van der Waals surface area (Å²) in [5.74, 6) is -0.0582. The van der Waals surface area contributed by atoms with Crippen molar-refractivity contribution in [2.24, 2.45) is 0 Å². The molecule has 0 bridgehead atoms.